The van der Waals surface area contributed by atoms with Crippen LogP contribution >= 0.6 is 0 Å². The molecule has 0 bridgehead atoms. The van der Waals surface area contributed by atoms with Crippen molar-refractivity contribution in [1.82, 2.24) is 0 Å². The zero-order chi connectivity index (χ0) is 12.3. The van der Waals surface area contributed by atoms with E-state index in [1.165, 1.54) is 5.56 Å². The second-order valence-electron chi connectivity index (χ2n) is 3.90. The number of phenolic OH excluding ortho intramolecular Hbond substituents is 1. The van der Waals surface area contributed by atoms with E-state index in [2.05, 4.69) is 19.1 Å². The first kappa shape index (κ1) is 11.2. The molecule has 1 N–H and O–H groups in total. The van der Waals surface area contributed by atoms with Crippen LogP contribution in [-0.2, 0) is 6.42 Å². The molecule has 0 aliphatic carbocycles. The van der Waals surface area contributed by atoms with Crippen LogP contribution in [0.15, 0.2) is 42.5 Å². The summed E-state index contributed by atoms with van der Waals surface area (Å²) in [6.45, 7) is 2.11. The van der Waals surface area contributed by atoms with Crippen molar-refractivity contribution in [3.05, 3.63) is 53.6 Å². The monoisotopic (exact) mass is 223 g/mol. The lowest BCUT2D eigenvalue weighted by Crippen LogP contribution is -1.84. The minimum Gasteiger partial charge on any atom is -0.507 e. The fraction of sp³-hybridized carbons (Fsp3) is 0.133. The molecule has 0 aromatic heterocycles. The van der Waals surface area contributed by atoms with Gasteiger partial charge in [0.1, 0.15) is 11.8 Å². The van der Waals surface area contributed by atoms with E-state index in [0.29, 0.717) is 5.56 Å². The smallest absolute Gasteiger partial charge is 0.133 e. The topological polar surface area (TPSA) is 44.0 Å². The van der Waals surface area contributed by atoms with Crippen molar-refractivity contribution in [2.45, 2.75) is 13.3 Å². The number of aryl methyl sites for hydroxylation is 1. The molecule has 0 aliphatic heterocycles. The van der Waals surface area contributed by atoms with E-state index in [1.807, 2.05) is 24.3 Å². The van der Waals surface area contributed by atoms with Crippen LogP contribution in [0.5, 0.6) is 5.75 Å². The molecule has 2 heteroatoms. The van der Waals surface area contributed by atoms with E-state index < -0.39 is 0 Å². The molecule has 0 unspecified atom stereocenters. The number of benzene rings is 2. The standard InChI is InChI=1S/C15H13NO/c1-2-11-4-3-5-12(8-11)13-6-7-14(10-16)15(17)9-13/h3-9,17H,2H2,1H3. The van der Waals surface area contributed by atoms with E-state index in [0.717, 1.165) is 17.5 Å². The van der Waals surface area contributed by atoms with Gasteiger partial charge in [0.05, 0.1) is 5.56 Å². The average Bonchev–Trinajstić information content (AvgIpc) is 2.38. The summed E-state index contributed by atoms with van der Waals surface area (Å²) in [5.41, 5.74) is 3.55. The molecule has 17 heavy (non-hydrogen) atoms. The molecule has 2 nitrogen and oxygen atoms in total. The lowest BCUT2D eigenvalue weighted by Gasteiger charge is -2.05. The molecule has 0 aliphatic rings. The molecular weight excluding hydrogens is 210 g/mol. The van der Waals surface area contributed by atoms with Gasteiger partial charge in [0.25, 0.3) is 0 Å². The van der Waals surface area contributed by atoms with E-state index in [9.17, 15) is 5.11 Å². The Kier molecular flexibility index (Phi) is 3.11. The third kappa shape index (κ3) is 2.29. The minimum atomic E-state index is 0.0342. The Balaban J connectivity index is 2.46. The van der Waals surface area contributed by atoms with Gasteiger partial charge in [-0.1, -0.05) is 37.3 Å². The SMILES string of the molecule is CCc1cccc(-c2ccc(C#N)c(O)c2)c1. The van der Waals surface area contributed by atoms with E-state index in [1.54, 1.807) is 12.1 Å². The maximum absolute atomic E-state index is 9.66. The zero-order valence-corrected chi connectivity index (χ0v) is 9.64. The van der Waals surface area contributed by atoms with Gasteiger partial charge in [-0.15, -0.1) is 0 Å². The third-order valence-corrected chi connectivity index (χ3v) is 2.79. The first-order valence-electron chi connectivity index (χ1n) is 5.57. The fourth-order valence-electron chi connectivity index (χ4n) is 1.78. The predicted octanol–water partition coefficient (Wildman–Crippen LogP) is 3.49. The molecule has 2 rings (SSSR count). The van der Waals surface area contributed by atoms with Crippen LogP contribution in [-0.4, -0.2) is 5.11 Å². The van der Waals surface area contributed by atoms with Crippen LogP contribution in [0.25, 0.3) is 11.1 Å². The molecule has 0 saturated carbocycles. The largest absolute Gasteiger partial charge is 0.507 e. The summed E-state index contributed by atoms with van der Waals surface area (Å²) < 4.78 is 0. The van der Waals surface area contributed by atoms with Crippen molar-refractivity contribution in [2.75, 3.05) is 0 Å². The van der Waals surface area contributed by atoms with Crippen LogP contribution in [0.2, 0.25) is 0 Å². The number of rotatable bonds is 2. The molecule has 2 aromatic rings. The van der Waals surface area contributed by atoms with Gasteiger partial charge in [0.2, 0.25) is 0 Å². The van der Waals surface area contributed by atoms with Crippen LogP contribution in [0.4, 0.5) is 0 Å². The molecule has 0 heterocycles. The lowest BCUT2D eigenvalue weighted by molar-refractivity contribution is 0.474. The van der Waals surface area contributed by atoms with Gasteiger partial charge in [-0.05, 0) is 35.2 Å². The maximum Gasteiger partial charge on any atom is 0.133 e. The van der Waals surface area contributed by atoms with Gasteiger partial charge in [0.15, 0.2) is 0 Å². The van der Waals surface area contributed by atoms with Crippen LogP contribution in [0.1, 0.15) is 18.1 Å². The summed E-state index contributed by atoms with van der Waals surface area (Å²) in [5.74, 6) is 0.0342. The predicted molar refractivity (Wildman–Crippen MR) is 67.6 cm³/mol. The number of phenols is 1. The molecule has 0 atom stereocenters. The van der Waals surface area contributed by atoms with E-state index >= 15 is 0 Å². The van der Waals surface area contributed by atoms with Gasteiger partial charge in [-0.25, -0.2) is 0 Å². The van der Waals surface area contributed by atoms with Gasteiger partial charge in [-0.3, -0.25) is 0 Å². The Morgan fingerprint density at radius 1 is 1.12 bits per heavy atom. The fourth-order valence-corrected chi connectivity index (χ4v) is 1.78. The maximum atomic E-state index is 9.66. The van der Waals surface area contributed by atoms with Crippen LogP contribution in [0.3, 0.4) is 0 Å². The Morgan fingerprint density at radius 2 is 1.88 bits per heavy atom. The van der Waals surface area contributed by atoms with Crippen molar-refractivity contribution in [1.29, 1.82) is 5.26 Å². The van der Waals surface area contributed by atoms with E-state index in [-0.39, 0.29) is 5.75 Å². The van der Waals surface area contributed by atoms with Crippen molar-refractivity contribution < 1.29 is 5.11 Å². The summed E-state index contributed by atoms with van der Waals surface area (Å²) in [7, 11) is 0. The molecule has 0 amide bonds. The second-order valence-corrected chi connectivity index (χ2v) is 3.90. The summed E-state index contributed by atoms with van der Waals surface area (Å²) in [6.07, 6.45) is 0.982. The number of hydrogen-bond acceptors (Lipinski definition) is 2. The quantitative estimate of drug-likeness (QED) is 0.846. The number of nitrogens with zero attached hydrogens (tertiary/aromatic N) is 1. The van der Waals surface area contributed by atoms with E-state index in [4.69, 9.17) is 5.26 Å². The summed E-state index contributed by atoms with van der Waals surface area (Å²) in [6, 6.07) is 15.3. The third-order valence-electron chi connectivity index (χ3n) is 2.79. The van der Waals surface area contributed by atoms with Crippen molar-refractivity contribution in [3.8, 4) is 22.9 Å². The van der Waals surface area contributed by atoms with Gasteiger partial charge in [-0.2, -0.15) is 5.26 Å². The first-order chi connectivity index (χ1) is 8.24. The number of hydrogen-bond donors (Lipinski definition) is 1. The Hall–Kier alpha value is -2.27. The highest BCUT2D eigenvalue weighted by atomic mass is 16.3. The molecule has 84 valence electrons. The Morgan fingerprint density at radius 3 is 2.53 bits per heavy atom. The van der Waals surface area contributed by atoms with Gasteiger partial charge < -0.3 is 5.11 Å². The molecular formula is C15H13NO. The molecule has 0 fully saturated rings. The van der Waals surface area contributed by atoms with Gasteiger partial charge >= 0.3 is 0 Å². The van der Waals surface area contributed by atoms with Crippen LogP contribution in [0, 0.1) is 11.3 Å². The average molecular weight is 223 g/mol. The van der Waals surface area contributed by atoms with Crippen LogP contribution < -0.4 is 0 Å². The molecule has 0 saturated heterocycles. The van der Waals surface area contributed by atoms with Crippen molar-refractivity contribution in [2.24, 2.45) is 0 Å². The Labute approximate surface area is 101 Å². The van der Waals surface area contributed by atoms with Gasteiger partial charge in [0, 0.05) is 0 Å². The highest BCUT2D eigenvalue weighted by molar-refractivity contribution is 5.67. The summed E-state index contributed by atoms with van der Waals surface area (Å²) >= 11 is 0. The molecule has 0 radical (unpaired) electrons. The Bertz CT molecular complexity index is 582. The summed E-state index contributed by atoms with van der Waals surface area (Å²) in [5, 5.41) is 18.4. The lowest BCUT2D eigenvalue weighted by atomic mass is 10.0. The molecule has 0 spiro atoms. The first-order valence-corrected chi connectivity index (χ1v) is 5.57. The summed E-state index contributed by atoms with van der Waals surface area (Å²) in [4.78, 5) is 0. The zero-order valence-electron chi connectivity index (χ0n) is 9.64. The highest BCUT2D eigenvalue weighted by Crippen LogP contribution is 2.26. The minimum absolute atomic E-state index is 0.0342. The molecule has 2 aromatic carbocycles. The van der Waals surface area contributed by atoms with Crippen molar-refractivity contribution in [3.63, 3.8) is 0 Å². The second kappa shape index (κ2) is 4.71. The van der Waals surface area contributed by atoms with Crippen molar-refractivity contribution >= 4 is 0 Å². The number of nitriles is 1. The normalized spacial score (nSPS) is 9.88. The number of aromatic hydroxyl groups is 1. The highest BCUT2D eigenvalue weighted by Gasteiger charge is 2.04.